The summed E-state index contributed by atoms with van der Waals surface area (Å²) in [4.78, 5) is 6.84. The second-order valence-corrected chi connectivity index (χ2v) is 5.74. The van der Waals surface area contributed by atoms with Crippen LogP contribution in [0.3, 0.4) is 0 Å². The highest BCUT2D eigenvalue weighted by atomic mass is 16.5. The van der Waals surface area contributed by atoms with Gasteiger partial charge in [0.15, 0.2) is 0 Å². The van der Waals surface area contributed by atoms with E-state index in [2.05, 4.69) is 41.1 Å². The van der Waals surface area contributed by atoms with Crippen molar-refractivity contribution in [1.29, 1.82) is 0 Å². The third-order valence-corrected chi connectivity index (χ3v) is 4.16. The summed E-state index contributed by atoms with van der Waals surface area (Å²) in [6, 6.07) is 10.8. The molecule has 2 unspecified atom stereocenters. The number of hydrogen-bond donors (Lipinski definition) is 1. The van der Waals surface area contributed by atoms with Crippen LogP contribution in [0.2, 0.25) is 0 Å². The standard InChI is InChI=1S/C17H23N3O/c1-13-12-20(8-3-9-21-13)17(11-18)15-5-6-16-14(10-15)4-2-7-19-16/h2,4-7,10,13,17H,3,8-9,11-12,18H2,1H3. The van der Waals surface area contributed by atoms with Crippen molar-refractivity contribution in [1.82, 2.24) is 9.88 Å². The van der Waals surface area contributed by atoms with Crippen LogP contribution in [0, 0.1) is 0 Å². The van der Waals surface area contributed by atoms with Gasteiger partial charge in [-0.05, 0) is 37.1 Å². The highest BCUT2D eigenvalue weighted by molar-refractivity contribution is 5.79. The molecule has 0 amide bonds. The number of aromatic nitrogens is 1. The molecule has 1 aromatic heterocycles. The summed E-state index contributed by atoms with van der Waals surface area (Å²) < 4.78 is 5.74. The molecule has 4 heteroatoms. The van der Waals surface area contributed by atoms with Crippen LogP contribution in [-0.4, -0.2) is 42.2 Å². The number of nitrogens with zero attached hydrogens (tertiary/aromatic N) is 2. The van der Waals surface area contributed by atoms with Gasteiger partial charge >= 0.3 is 0 Å². The van der Waals surface area contributed by atoms with E-state index < -0.39 is 0 Å². The van der Waals surface area contributed by atoms with Gasteiger partial charge in [0.25, 0.3) is 0 Å². The largest absolute Gasteiger partial charge is 0.377 e. The molecule has 2 heterocycles. The molecule has 2 N–H and O–H groups in total. The molecule has 1 saturated heterocycles. The van der Waals surface area contributed by atoms with Crippen LogP contribution in [0.1, 0.15) is 24.9 Å². The van der Waals surface area contributed by atoms with E-state index in [1.807, 2.05) is 12.3 Å². The summed E-state index contributed by atoms with van der Waals surface area (Å²) in [7, 11) is 0. The van der Waals surface area contributed by atoms with E-state index in [4.69, 9.17) is 10.5 Å². The lowest BCUT2D eigenvalue weighted by Crippen LogP contribution is -2.37. The quantitative estimate of drug-likeness (QED) is 0.940. The molecule has 0 aliphatic carbocycles. The number of nitrogens with two attached hydrogens (primary N) is 1. The lowest BCUT2D eigenvalue weighted by Gasteiger charge is -2.31. The average molecular weight is 285 g/mol. The van der Waals surface area contributed by atoms with Crippen LogP contribution in [0.4, 0.5) is 0 Å². The van der Waals surface area contributed by atoms with Gasteiger partial charge in [-0.3, -0.25) is 9.88 Å². The molecule has 1 aliphatic rings. The molecule has 2 atom stereocenters. The Labute approximate surface area is 125 Å². The Morgan fingerprint density at radius 2 is 2.33 bits per heavy atom. The number of pyridine rings is 1. The zero-order valence-corrected chi connectivity index (χ0v) is 12.5. The van der Waals surface area contributed by atoms with Crippen molar-refractivity contribution >= 4 is 10.9 Å². The first-order valence-electron chi connectivity index (χ1n) is 7.68. The van der Waals surface area contributed by atoms with E-state index in [9.17, 15) is 0 Å². The van der Waals surface area contributed by atoms with Gasteiger partial charge in [0, 0.05) is 43.9 Å². The minimum absolute atomic E-state index is 0.249. The van der Waals surface area contributed by atoms with Crippen LogP contribution in [0.25, 0.3) is 10.9 Å². The van der Waals surface area contributed by atoms with Crippen LogP contribution >= 0.6 is 0 Å². The number of ether oxygens (including phenoxy) is 1. The molecule has 112 valence electrons. The number of hydrogen-bond acceptors (Lipinski definition) is 4. The molecule has 1 aliphatic heterocycles. The number of fused-ring (bicyclic) bond motifs is 1. The highest BCUT2D eigenvalue weighted by Crippen LogP contribution is 2.25. The third kappa shape index (κ3) is 3.23. The molecule has 2 aromatic rings. The van der Waals surface area contributed by atoms with Crippen molar-refractivity contribution < 1.29 is 4.74 Å². The second-order valence-electron chi connectivity index (χ2n) is 5.74. The molecule has 0 saturated carbocycles. The Bertz CT molecular complexity index is 601. The van der Waals surface area contributed by atoms with Crippen molar-refractivity contribution in [3.8, 4) is 0 Å². The Morgan fingerprint density at radius 1 is 1.43 bits per heavy atom. The Kier molecular flexibility index (Phi) is 4.48. The molecule has 3 rings (SSSR count). The lowest BCUT2D eigenvalue weighted by atomic mass is 10.0. The summed E-state index contributed by atoms with van der Waals surface area (Å²) in [5.41, 5.74) is 8.38. The lowest BCUT2D eigenvalue weighted by molar-refractivity contribution is 0.0612. The van der Waals surface area contributed by atoms with Crippen LogP contribution in [0.15, 0.2) is 36.5 Å². The molecule has 0 radical (unpaired) electrons. The van der Waals surface area contributed by atoms with E-state index in [0.29, 0.717) is 6.54 Å². The monoisotopic (exact) mass is 285 g/mol. The molecule has 4 nitrogen and oxygen atoms in total. The Balaban J connectivity index is 1.89. The first kappa shape index (κ1) is 14.4. The predicted molar refractivity (Wildman–Crippen MR) is 85.1 cm³/mol. The minimum Gasteiger partial charge on any atom is -0.377 e. The van der Waals surface area contributed by atoms with Gasteiger partial charge in [0.05, 0.1) is 11.6 Å². The van der Waals surface area contributed by atoms with Gasteiger partial charge in [0.2, 0.25) is 0 Å². The second kappa shape index (κ2) is 6.52. The maximum atomic E-state index is 6.08. The van der Waals surface area contributed by atoms with Crippen LogP contribution in [-0.2, 0) is 4.74 Å². The van der Waals surface area contributed by atoms with Gasteiger partial charge in [-0.25, -0.2) is 0 Å². The maximum absolute atomic E-state index is 6.08. The van der Waals surface area contributed by atoms with E-state index >= 15 is 0 Å². The summed E-state index contributed by atoms with van der Waals surface area (Å²) in [6.07, 6.45) is 3.16. The fourth-order valence-electron chi connectivity index (χ4n) is 3.11. The summed E-state index contributed by atoms with van der Waals surface area (Å²) in [6.45, 7) is 5.58. The van der Waals surface area contributed by atoms with Crippen molar-refractivity contribution in [2.45, 2.75) is 25.5 Å². The summed E-state index contributed by atoms with van der Waals surface area (Å²) >= 11 is 0. The fourth-order valence-corrected chi connectivity index (χ4v) is 3.11. The van der Waals surface area contributed by atoms with Gasteiger partial charge in [-0.15, -0.1) is 0 Å². The average Bonchev–Trinajstić information content (AvgIpc) is 2.72. The van der Waals surface area contributed by atoms with E-state index in [-0.39, 0.29) is 12.1 Å². The fraction of sp³-hybridized carbons (Fsp3) is 0.471. The molecule has 0 spiro atoms. The molecular weight excluding hydrogens is 262 g/mol. The first-order chi connectivity index (χ1) is 10.3. The SMILES string of the molecule is CC1CN(C(CN)c2ccc3ncccc3c2)CCCO1. The minimum atomic E-state index is 0.249. The highest BCUT2D eigenvalue weighted by Gasteiger charge is 2.23. The topological polar surface area (TPSA) is 51.4 Å². The van der Waals surface area contributed by atoms with E-state index in [1.165, 1.54) is 10.9 Å². The van der Waals surface area contributed by atoms with Gasteiger partial charge < -0.3 is 10.5 Å². The van der Waals surface area contributed by atoms with E-state index in [0.717, 1.165) is 31.6 Å². The van der Waals surface area contributed by atoms with Crippen molar-refractivity contribution in [3.05, 3.63) is 42.1 Å². The van der Waals surface area contributed by atoms with Gasteiger partial charge in [0.1, 0.15) is 0 Å². The van der Waals surface area contributed by atoms with Crippen LogP contribution < -0.4 is 5.73 Å². The summed E-state index contributed by atoms with van der Waals surface area (Å²) in [5.74, 6) is 0. The molecule has 1 aromatic carbocycles. The third-order valence-electron chi connectivity index (χ3n) is 4.16. The first-order valence-corrected chi connectivity index (χ1v) is 7.68. The van der Waals surface area contributed by atoms with Crippen molar-refractivity contribution in [3.63, 3.8) is 0 Å². The normalized spacial score (nSPS) is 22.1. The molecule has 0 bridgehead atoms. The smallest absolute Gasteiger partial charge is 0.0702 e. The van der Waals surface area contributed by atoms with Crippen molar-refractivity contribution in [2.24, 2.45) is 5.73 Å². The van der Waals surface area contributed by atoms with Gasteiger partial charge in [-0.1, -0.05) is 12.1 Å². The van der Waals surface area contributed by atoms with Crippen LogP contribution in [0.5, 0.6) is 0 Å². The summed E-state index contributed by atoms with van der Waals surface area (Å²) in [5, 5.41) is 1.17. The molecular formula is C17H23N3O. The molecule has 1 fully saturated rings. The van der Waals surface area contributed by atoms with E-state index in [1.54, 1.807) is 0 Å². The van der Waals surface area contributed by atoms with Crippen molar-refractivity contribution in [2.75, 3.05) is 26.2 Å². The zero-order valence-electron chi connectivity index (χ0n) is 12.5. The Morgan fingerprint density at radius 3 is 3.19 bits per heavy atom. The maximum Gasteiger partial charge on any atom is 0.0702 e. The van der Waals surface area contributed by atoms with Gasteiger partial charge in [-0.2, -0.15) is 0 Å². The zero-order chi connectivity index (χ0) is 14.7. The predicted octanol–water partition coefficient (Wildman–Crippen LogP) is 2.35. The number of rotatable bonds is 3. The molecule has 21 heavy (non-hydrogen) atoms. The Hall–Kier alpha value is -1.49. The number of benzene rings is 1.